The average molecular weight is 283 g/mol. The van der Waals surface area contributed by atoms with Gasteiger partial charge in [0.2, 0.25) is 0 Å². The summed E-state index contributed by atoms with van der Waals surface area (Å²) in [6.07, 6.45) is 0.480. The Morgan fingerprint density at radius 2 is 2.05 bits per heavy atom. The number of carbonyl (C=O) groups excluding carboxylic acids is 1. The molecular formula is C15H13N3O3. The quantitative estimate of drug-likeness (QED) is 0.764. The summed E-state index contributed by atoms with van der Waals surface area (Å²) < 4.78 is 5.01. The van der Waals surface area contributed by atoms with Gasteiger partial charge in [-0.1, -0.05) is 17.3 Å². The van der Waals surface area contributed by atoms with Gasteiger partial charge in [0.05, 0.1) is 11.3 Å². The lowest BCUT2D eigenvalue weighted by atomic mass is 10.1. The second-order valence-electron chi connectivity index (χ2n) is 4.81. The number of phenols is 1. The SMILES string of the molecule is Cc1cc(Cc2ccc3ccc(C(N)=O)c(O)c3n2)no1. The molecule has 2 heterocycles. The first kappa shape index (κ1) is 13.1. The van der Waals surface area contributed by atoms with Crippen LogP contribution in [0.5, 0.6) is 5.75 Å². The molecule has 3 rings (SSSR count). The summed E-state index contributed by atoms with van der Waals surface area (Å²) >= 11 is 0. The summed E-state index contributed by atoms with van der Waals surface area (Å²) in [7, 11) is 0. The number of aryl methyl sites for hydroxylation is 1. The van der Waals surface area contributed by atoms with E-state index in [1.165, 1.54) is 6.07 Å². The average Bonchev–Trinajstić information content (AvgIpc) is 2.85. The number of fused-ring (bicyclic) bond motifs is 1. The van der Waals surface area contributed by atoms with Gasteiger partial charge in [-0.05, 0) is 19.1 Å². The van der Waals surface area contributed by atoms with Gasteiger partial charge >= 0.3 is 0 Å². The van der Waals surface area contributed by atoms with Crippen molar-refractivity contribution in [3.63, 3.8) is 0 Å². The molecule has 0 spiro atoms. The highest BCUT2D eigenvalue weighted by atomic mass is 16.5. The van der Waals surface area contributed by atoms with Gasteiger partial charge in [0.1, 0.15) is 11.3 Å². The van der Waals surface area contributed by atoms with Gasteiger partial charge in [0.25, 0.3) is 5.91 Å². The third-order valence-electron chi connectivity index (χ3n) is 3.20. The zero-order valence-electron chi connectivity index (χ0n) is 11.3. The summed E-state index contributed by atoms with van der Waals surface area (Å²) in [5.41, 5.74) is 7.10. The maximum atomic E-state index is 11.3. The molecule has 0 aliphatic rings. The van der Waals surface area contributed by atoms with Gasteiger partial charge in [-0.2, -0.15) is 0 Å². The Labute approximate surface area is 120 Å². The molecule has 0 saturated heterocycles. The summed E-state index contributed by atoms with van der Waals surface area (Å²) in [5.74, 6) is -0.156. The smallest absolute Gasteiger partial charge is 0.252 e. The van der Waals surface area contributed by atoms with Crippen LogP contribution in [0.2, 0.25) is 0 Å². The molecule has 1 amide bonds. The molecular weight excluding hydrogens is 270 g/mol. The van der Waals surface area contributed by atoms with Gasteiger partial charge in [0.15, 0.2) is 5.75 Å². The van der Waals surface area contributed by atoms with E-state index >= 15 is 0 Å². The molecule has 6 nitrogen and oxygen atoms in total. The first-order valence-corrected chi connectivity index (χ1v) is 6.38. The Kier molecular flexibility index (Phi) is 3.06. The highest BCUT2D eigenvalue weighted by Crippen LogP contribution is 2.27. The molecule has 0 unspecified atom stereocenters. The fourth-order valence-corrected chi connectivity index (χ4v) is 2.20. The van der Waals surface area contributed by atoms with Crippen molar-refractivity contribution in [2.24, 2.45) is 5.73 Å². The largest absolute Gasteiger partial charge is 0.505 e. The molecule has 3 aromatic rings. The Balaban J connectivity index is 2.05. The Bertz CT molecular complexity index is 839. The van der Waals surface area contributed by atoms with E-state index < -0.39 is 5.91 Å². The van der Waals surface area contributed by atoms with Crippen LogP contribution in [0.3, 0.4) is 0 Å². The van der Waals surface area contributed by atoms with Crippen LogP contribution >= 0.6 is 0 Å². The van der Waals surface area contributed by atoms with Crippen molar-refractivity contribution < 1.29 is 14.4 Å². The minimum absolute atomic E-state index is 0.0597. The predicted molar refractivity (Wildman–Crippen MR) is 76.0 cm³/mol. The number of aromatic hydroxyl groups is 1. The summed E-state index contributed by atoms with van der Waals surface area (Å²) in [6.45, 7) is 1.81. The lowest BCUT2D eigenvalue weighted by Gasteiger charge is -2.06. The van der Waals surface area contributed by atoms with Crippen LogP contribution in [0.1, 0.15) is 27.5 Å². The molecule has 2 aromatic heterocycles. The van der Waals surface area contributed by atoms with Crippen LogP contribution in [0.4, 0.5) is 0 Å². The number of pyridine rings is 1. The molecule has 0 atom stereocenters. The van der Waals surface area contributed by atoms with Crippen molar-refractivity contribution >= 4 is 16.8 Å². The topological polar surface area (TPSA) is 102 Å². The monoisotopic (exact) mass is 283 g/mol. The zero-order chi connectivity index (χ0) is 15.0. The van der Waals surface area contributed by atoms with E-state index in [4.69, 9.17) is 10.3 Å². The second kappa shape index (κ2) is 4.90. The van der Waals surface area contributed by atoms with Gasteiger partial charge in [-0.3, -0.25) is 4.79 Å². The zero-order valence-corrected chi connectivity index (χ0v) is 11.3. The maximum absolute atomic E-state index is 11.3. The van der Waals surface area contributed by atoms with Crippen LogP contribution in [0, 0.1) is 6.92 Å². The fourth-order valence-electron chi connectivity index (χ4n) is 2.20. The van der Waals surface area contributed by atoms with E-state index in [0.717, 1.165) is 16.8 Å². The minimum Gasteiger partial charge on any atom is -0.505 e. The molecule has 0 aliphatic heterocycles. The van der Waals surface area contributed by atoms with Crippen LogP contribution in [0.25, 0.3) is 10.9 Å². The van der Waals surface area contributed by atoms with Crippen molar-refractivity contribution in [1.29, 1.82) is 0 Å². The number of benzene rings is 1. The van der Waals surface area contributed by atoms with E-state index in [1.807, 2.05) is 25.1 Å². The van der Waals surface area contributed by atoms with Gasteiger partial charge in [-0.15, -0.1) is 0 Å². The highest BCUT2D eigenvalue weighted by Gasteiger charge is 2.13. The maximum Gasteiger partial charge on any atom is 0.252 e. The molecule has 21 heavy (non-hydrogen) atoms. The Hall–Kier alpha value is -2.89. The van der Waals surface area contributed by atoms with Crippen molar-refractivity contribution in [2.45, 2.75) is 13.3 Å². The molecule has 0 fully saturated rings. The molecule has 6 heteroatoms. The standard InChI is InChI=1S/C15H13N3O3/c1-8-6-11(18-21-8)7-10-4-2-9-3-5-12(15(16)20)14(19)13(9)17-10/h2-6,19H,7H2,1H3,(H2,16,20). The number of hydrogen-bond donors (Lipinski definition) is 2. The first-order chi connectivity index (χ1) is 10.0. The lowest BCUT2D eigenvalue weighted by molar-refractivity contribution is 0.0998. The third kappa shape index (κ3) is 2.43. The van der Waals surface area contributed by atoms with E-state index in [2.05, 4.69) is 10.1 Å². The number of carbonyl (C=O) groups is 1. The molecule has 3 N–H and O–H groups in total. The summed E-state index contributed by atoms with van der Waals surface area (Å²) in [5, 5.41) is 14.8. The van der Waals surface area contributed by atoms with Crippen LogP contribution in [0.15, 0.2) is 34.9 Å². The van der Waals surface area contributed by atoms with Gasteiger partial charge < -0.3 is 15.4 Å². The minimum atomic E-state index is -0.686. The van der Waals surface area contributed by atoms with Crippen LogP contribution < -0.4 is 5.73 Å². The fraction of sp³-hybridized carbons (Fsp3) is 0.133. The lowest BCUT2D eigenvalue weighted by Crippen LogP contribution is -2.11. The molecule has 106 valence electrons. The van der Waals surface area contributed by atoms with Crippen molar-refractivity contribution in [3.8, 4) is 5.75 Å². The number of rotatable bonds is 3. The second-order valence-corrected chi connectivity index (χ2v) is 4.81. The first-order valence-electron chi connectivity index (χ1n) is 6.38. The number of nitrogens with zero attached hydrogens (tertiary/aromatic N) is 2. The van der Waals surface area contributed by atoms with Crippen LogP contribution in [-0.4, -0.2) is 21.2 Å². The number of primary amides is 1. The third-order valence-corrected chi connectivity index (χ3v) is 3.20. The van der Waals surface area contributed by atoms with Crippen molar-refractivity contribution in [1.82, 2.24) is 10.1 Å². The highest BCUT2D eigenvalue weighted by molar-refractivity contribution is 6.01. The van der Waals surface area contributed by atoms with Crippen molar-refractivity contribution in [2.75, 3.05) is 0 Å². The number of aromatic nitrogens is 2. The Morgan fingerprint density at radius 1 is 1.29 bits per heavy atom. The van der Waals surface area contributed by atoms with E-state index in [1.54, 1.807) is 6.07 Å². The summed E-state index contributed by atoms with van der Waals surface area (Å²) in [6, 6.07) is 8.69. The molecule has 0 saturated carbocycles. The summed E-state index contributed by atoms with van der Waals surface area (Å²) in [4.78, 5) is 15.6. The van der Waals surface area contributed by atoms with E-state index in [0.29, 0.717) is 17.6 Å². The van der Waals surface area contributed by atoms with Gasteiger partial charge in [0, 0.05) is 23.6 Å². The normalized spacial score (nSPS) is 10.9. The molecule has 0 radical (unpaired) electrons. The number of nitrogens with two attached hydrogens (primary N) is 1. The molecule has 0 bridgehead atoms. The Morgan fingerprint density at radius 3 is 2.71 bits per heavy atom. The van der Waals surface area contributed by atoms with Gasteiger partial charge in [-0.25, -0.2) is 4.98 Å². The number of hydrogen-bond acceptors (Lipinski definition) is 5. The van der Waals surface area contributed by atoms with E-state index in [-0.39, 0.29) is 11.3 Å². The molecule has 1 aromatic carbocycles. The number of amides is 1. The molecule has 0 aliphatic carbocycles. The van der Waals surface area contributed by atoms with Crippen LogP contribution in [-0.2, 0) is 6.42 Å². The predicted octanol–water partition coefficient (Wildman–Crippen LogP) is 1.93. The van der Waals surface area contributed by atoms with E-state index in [9.17, 15) is 9.90 Å². The van der Waals surface area contributed by atoms with Crippen molar-refractivity contribution in [3.05, 3.63) is 53.0 Å².